The molecule has 2 heteroatoms. The second-order valence-corrected chi connectivity index (χ2v) is 5.61. The van der Waals surface area contributed by atoms with Gasteiger partial charge in [0.05, 0.1) is 0 Å². The van der Waals surface area contributed by atoms with Crippen LogP contribution >= 0.6 is 0 Å². The lowest BCUT2D eigenvalue weighted by molar-refractivity contribution is -0.159. The molecule has 2 saturated carbocycles. The number of hydrogen-bond acceptors (Lipinski definition) is 2. The lowest BCUT2D eigenvalue weighted by atomic mass is 9.61. The molecule has 0 saturated heterocycles. The van der Waals surface area contributed by atoms with Crippen molar-refractivity contribution in [3.63, 3.8) is 0 Å². The molecule has 74 valence electrons. The summed E-state index contributed by atoms with van der Waals surface area (Å²) < 4.78 is 0. The molecule has 0 spiro atoms. The minimum atomic E-state index is -1.09. The number of aldehydes is 1. The summed E-state index contributed by atoms with van der Waals surface area (Å²) in [7, 11) is 0. The van der Waals surface area contributed by atoms with Crippen molar-refractivity contribution in [3.8, 4) is 0 Å². The highest BCUT2D eigenvalue weighted by molar-refractivity contribution is 5.67. The quantitative estimate of drug-likeness (QED) is 0.627. The Morgan fingerprint density at radius 3 is 2.31 bits per heavy atom. The van der Waals surface area contributed by atoms with Crippen LogP contribution in [-0.4, -0.2) is 17.0 Å². The van der Waals surface area contributed by atoms with Crippen molar-refractivity contribution in [2.45, 2.75) is 45.6 Å². The van der Waals surface area contributed by atoms with Gasteiger partial charge in [0, 0.05) is 10.8 Å². The van der Waals surface area contributed by atoms with Crippen molar-refractivity contribution in [1.82, 2.24) is 0 Å². The third kappa shape index (κ3) is 0.762. The highest BCUT2D eigenvalue weighted by Crippen LogP contribution is 2.67. The number of carbonyl (C=O) groups excluding carboxylic acids is 1. The first kappa shape index (κ1) is 9.20. The van der Waals surface area contributed by atoms with Gasteiger partial charge < -0.3 is 9.90 Å². The molecule has 13 heavy (non-hydrogen) atoms. The Morgan fingerprint density at radius 2 is 2.00 bits per heavy atom. The zero-order valence-electron chi connectivity index (χ0n) is 8.63. The van der Waals surface area contributed by atoms with Gasteiger partial charge in [-0.25, -0.2) is 0 Å². The minimum absolute atomic E-state index is 0.164. The first-order valence-electron chi connectivity index (χ1n) is 5.06. The smallest absolute Gasteiger partial charge is 0.152 e. The van der Waals surface area contributed by atoms with E-state index in [1.165, 1.54) is 6.42 Å². The summed E-state index contributed by atoms with van der Waals surface area (Å²) in [4.78, 5) is 11.1. The normalized spacial score (nSPS) is 52.5. The molecule has 2 aliphatic rings. The Balaban J connectivity index is 2.51. The van der Waals surface area contributed by atoms with Crippen LogP contribution in [0, 0.1) is 16.7 Å². The number of carbonyl (C=O) groups is 1. The first-order chi connectivity index (χ1) is 5.87. The highest BCUT2D eigenvalue weighted by Gasteiger charge is 2.68. The SMILES string of the molecule is CC1(C)[C@H]2CC[C@](C)(C2)[C@]1(O)C=O. The Morgan fingerprint density at radius 1 is 1.38 bits per heavy atom. The molecule has 0 unspecified atom stereocenters. The van der Waals surface area contributed by atoms with E-state index in [4.69, 9.17) is 0 Å². The van der Waals surface area contributed by atoms with E-state index >= 15 is 0 Å². The fraction of sp³-hybridized carbons (Fsp3) is 0.909. The molecule has 0 radical (unpaired) electrons. The lowest BCUT2D eigenvalue weighted by Gasteiger charge is -2.46. The summed E-state index contributed by atoms with van der Waals surface area (Å²) in [6.07, 6.45) is 3.96. The van der Waals surface area contributed by atoms with E-state index < -0.39 is 5.60 Å². The van der Waals surface area contributed by atoms with Gasteiger partial charge in [-0.05, 0) is 25.2 Å². The van der Waals surface area contributed by atoms with Crippen molar-refractivity contribution in [2.24, 2.45) is 16.7 Å². The summed E-state index contributed by atoms with van der Waals surface area (Å²) >= 11 is 0. The Labute approximate surface area is 79.3 Å². The van der Waals surface area contributed by atoms with Crippen molar-refractivity contribution in [1.29, 1.82) is 0 Å². The van der Waals surface area contributed by atoms with Crippen LogP contribution in [0.25, 0.3) is 0 Å². The van der Waals surface area contributed by atoms with E-state index in [0.29, 0.717) is 5.92 Å². The van der Waals surface area contributed by atoms with Crippen molar-refractivity contribution in [3.05, 3.63) is 0 Å². The average molecular weight is 182 g/mol. The maximum Gasteiger partial charge on any atom is 0.152 e. The van der Waals surface area contributed by atoms with Gasteiger partial charge in [0.1, 0.15) is 5.60 Å². The number of aliphatic hydroxyl groups is 1. The fourth-order valence-corrected chi connectivity index (χ4v) is 3.59. The third-order valence-corrected chi connectivity index (χ3v) is 4.84. The molecule has 2 nitrogen and oxygen atoms in total. The van der Waals surface area contributed by atoms with Crippen LogP contribution in [0.3, 0.4) is 0 Å². The molecule has 0 aromatic rings. The lowest BCUT2D eigenvalue weighted by Crippen LogP contribution is -2.55. The average Bonchev–Trinajstić information content (AvgIpc) is 2.51. The molecule has 0 heterocycles. The third-order valence-electron chi connectivity index (χ3n) is 4.84. The standard InChI is InChI=1S/C11H18O2/c1-9(2)8-4-5-10(3,6-8)11(9,13)7-12/h7-8,13H,4-6H2,1-3H3/t8-,10+,11-/m0/s1. The first-order valence-corrected chi connectivity index (χ1v) is 5.06. The second kappa shape index (κ2) is 2.17. The monoisotopic (exact) mass is 182 g/mol. The van der Waals surface area contributed by atoms with Gasteiger partial charge in [0.25, 0.3) is 0 Å². The predicted molar refractivity (Wildman–Crippen MR) is 50.2 cm³/mol. The van der Waals surface area contributed by atoms with Crippen LogP contribution in [-0.2, 0) is 4.79 Å². The van der Waals surface area contributed by atoms with Crippen LogP contribution in [0.1, 0.15) is 40.0 Å². The highest BCUT2D eigenvalue weighted by atomic mass is 16.3. The molecular weight excluding hydrogens is 164 g/mol. The zero-order valence-corrected chi connectivity index (χ0v) is 8.63. The van der Waals surface area contributed by atoms with Crippen molar-refractivity contribution < 1.29 is 9.90 Å². The Hall–Kier alpha value is -0.370. The molecule has 0 aromatic carbocycles. The molecule has 0 aliphatic heterocycles. The summed E-state index contributed by atoms with van der Waals surface area (Å²) in [6, 6.07) is 0. The van der Waals surface area contributed by atoms with Gasteiger partial charge in [0.2, 0.25) is 0 Å². The predicted octanol–water partition coefficient (Wildman–Crippen LogP) is 1.76. The molecule has 1 N–H and O–H groups in total. The summed E-state index contributed by atoms with van der Waals surface area (Å²) in [5, 5.41) is 10.4. The van der Waals surface area contributed by atoms with E-state index in [1.54, 1.807) is 0 Å². The topological polar surface area (TPSA) is 37.3 Å². The molecule has 0 amide bonds. The molecule has 2 rings (SSSR count). The second-order valence-electron chi connectivity index (χ2n) is 5.61. The zero-order chi connectivity index (χ0) is 9.91. The summed E-state index contributed by atoms with van der Waals surface area (Å²) in [5.74, 6) is 0.521. The van der Waals surface area contributed by atoms with Crippen molar-refractivity contribution in [2.75, 3.05) is 0 Å². The van der Waals surface area contributed by atoms with Crippen LogP contribution < -0.4 is 0 Å². The van der Waals surface area contributed by atoms with Gasteiger partial charge in [-0.2, -0.15) is 0 Å². The minimum Gasteiger partial charge on any atom is -0.381 e. The molecule has 2 bridgehead atoms. The molecule has 3 atom stereocenters. The number of rotatable bonds is 1. The van der Waals surface area contributed by atoms with Crippen LogP contribution in [0.4, 0.5) is 0 Å². The Bertz CT molecular complexity index is 252. The molecule has 0 aromatic heterocycles. The molecule has 2 aliphatic carbocycles. The number of fused-ring (bicyclic) bond motifs is 2. The number of hydrogen-bond donors (Lipinski definition) is 1. The van der Waals surface area contributed by atoms with E-state index in [2.05, 4.69) is 6.92 Å². The molecular formula is C11H18O2. The Kier molecular flexibility index (Phi) is 1.53. The van der Waals surface area contributed by atoms with Gasteiger partial charge in [-0.15, -0.1) is 0 Å². The van der Waals surface area contributed by atoms with Crippen LogP contribution in [0.5, 0.6) is 0 Å². The summed E-state index contributed by atoms with van der Waals surface area (Å²) in [6.45, 7) is 6.10. The van der Waals surface area contributed by atoms with E-state index in [1.807, 2.05) is 13.8 Å². The van der Waals surface area contributed by atoms with E-state index in [-0.39, 0.29) is 10.8 Å². The van der Waals surface area contributed by atoms with Crippen LogP contribution in [0.15, 0.2) is 0 Å². The van der Waals surface area contributed by atoms with E-state index in [0.717, 1.165) is 19.1 Å². The molecule has 2 fully saturated rings. The van der Waals surface area contributed by atoms with Gasteiger partial charge >= 0.3 is 0 Å². The fourth-order valence-electron chi connectivity index (χ4n) is 3.59. The van der Waals surface area contributed by atoms with E-state index in [9.17, 15) is 9.90 Å². The van der Waals surface area contributed by atoms with Crippen LogP contribution in [0.2, 0.25) is 0 Å². The maximum atomic E-state index is 11.1. The largest absolute Gasteiger partial charge is 0.381 e. The van der Waals surface area contributed by atoms with Gasteiger partial charge in [0.15, 0.2) is 6.29 Å². The summed E-state index contributed by atoms with van der Waals surface area (Å²) in [5.41, 5.74) is -1.49. The maximum absolute atomic E-state index is 11.1. The van der Waals surface area contributed by atoms with Gasteiger partial charge in [-0.3, -0.25) is 0 Å². The van der Waals surface area contributed by atoms with Gasteiger partial charge in [-0.1, -0.05) is 20.8 Å². The van der Waals surface area contributed by atoms with Crippen molar-refractivity contribution >= 4 is 6.29 Å².